The van der Waals surface area contributed by atoms with E-state index in [1.165, 1.54) is 22.7 Å². The molecule has 8 rings (SSSR count). The van der Waals surface area contributed by atoms with Crippen LogP contribution in [0.3, 0.4) is 0 Å². The Morgan fingerprint density at radius 2 is 1.56 bits per heavy atom. The number of aromatic nitrogens is 4. The first-order valence-corrected chi connectivity index (χ1v) is 17.6. The number of carbonyl (C=O) groups excluding carboxylic acids is 3. The van der Waals surface area contributed by atoms with Gasteiger partial charge in [-0.05, 0) is 43.0 Å². The molecule has 2 fully saturated rings. The smallest absolute Gasteiger partial charge is 0.231 e. The molecule has 3 aliphatic heterocycles. The predicted molar refractivity (Wildman–Crippen MR) is 190 cm³/mol. The standard InChI is InChI=1S/C17H16N6OS.C17H15N5O2S/c1-10-13-6-11(2-3-14(13)22-21-10)15-7-19-17(25-15)20-16(24)12-4-5-23(8-12)9-18;18-9-22-5-4-11(8-22)16(24)21-17-19-7-13(25-17)12-3-1-2-10-6-14(23)20-15(10)12/h2-3,6-7,12H,4-5,8H2,1H3,(H,21,22)(H,19,20,24);1-3,7,11H,4-6,8H2,(H,20,23)(H,19,21,24)/t12-;11-/m00/s1. The Hall–Kier alpha value is -5.84. The number of nitrogens with zero attached hydrogens (tertiary/aromatic N) is 7. The number of aromatic amines is 1. The Labute approximate surface area is 294 Å². The number of benzene rings is 2. The summed E-state index contributed by atoms with van der Waals surface area (Å²) in [5.41, 5.74) is 5.73. The van der Waals surface area contributed by atoms with Crippen molar-refractivity contribution < 1.29 is 14.4 Å². The van der Waals surface area contributed by atoms with E-state index in [1.807, 2.05) is 37.3 Å². The first kappa shape index (κ1) is 32.7. The molecule has 0 spiro atoms. The molecule has 4 N–H and O–H groups in total. The van der Waals surface area contributed by atoms with Crippen molar-refractivity contribution in [3.05, 3.63) is 60.0 Å². The zero-order valence-corrected chi connectivity index (χ0v) is 28.5. The van der Waals surface area contributed by atoms with Gasteiger partial charge in [0.05, 0.1) is 39.2 Å². The van der Waals surface area contributed by atoms with E-state index in [1.54, 1.807) is 22.2 Å². The zero-order valence-electron chi connectivity index (χ0n) is 26.9. The van der Waals surface area contributed by atoms with Crippen molar-refractivity contribution in [2.45, 2.75) is 26.2 Å². The Balaban J connectivity index is 0.000000157. The van der Waals surface area contributed by atoms with Crippen LogP contribution in [0.25, 0.3) is 31.8 Å². The number of nitriles is 2. The lowest BCUT2D eigenvalue weighted by Gasteiger charge is -2.08. The molecule has 0 radical (unpaired) electrons. The van der Waals surface area contributed by atoms with Gasteiger partial charge in [0, 0.05) is 55.2 Å². The molecule has 6 heterocycles. The molecule has 0 bridgehead atoms. The maximum Gasteiger partial charge on any atom is 0.231 e. The van der Waals surface area contributed by atoms with Crippen molar-refractivity contribution in [2.24, 2.45) is 11.8 Å². The normalized spacial score (nSPS) is 17.8. The van der Waals surface area contributed by atoms with Crippen LogP contribution in [0.5, 0.6) is 0 Å². The second-order valence-electron chi connectivity index (χ2n) is 12.2. The van der Waals surface area contributed by atoms with E-state index >= 15 is 0 Å². The van der Waals surface area contributed by atoms with Gasteiger partial charge in [-0.2, -0.15) is 15.6 Å². The summed E-state index contributed by atoms with van der Waals surface area (Å²) in [6.07, 6.45) is 9.41. The van der Waals surface area contributed by atoms with Crippen LogP contribution in [0, 0.1) is 41.7 Å². The van der Waals surface area contributed by atoms with Crippen molar-refractivity contribution in [1.82, 2.24) is 30.0 Å². The minimum absolute atomic E-state index is 0.0104. The van der Waals surface area contributed by atoms with Crippen LogP contribution in [-0.2, 0) is 20.8 Å². The van der Waals surface area contributed by atoms with Gasteiger partial charge in [-0.1, -0.05) is 46.9 Å². The molecule has 0 saturated carbocycles. The number of rotatable bonds is 6. The quantitative estimate of drug-likeness (QED) is 0.179. The average molecular weight is 706 g/mol. The minimum Gasteiger partial charge on any atom is -0.325 e. The van der Waals surface area contributed by atoms with Gasteiger partial charge in [-0.15, -0.1) is 0 Å². The van der Waals surface area contributed by atoms with Gasteiger partial charge in [0.1, 0.15) is 0 Å². The van der Waals surface area contributed by atoms with Gasteiger partial charge in [0.25, 0.3) is 0 Å². The molecule has 50 heavy (non-hydrogen) atoms. The highest BCUT2D eigenvalue weighted by molar-refractivity contribution is 7.19. The highest BCUT2D eigenvalue weighted by atomic mass is 32.1. The molecule has 0 unspecified atom stereocenters. The van der Waals surface area contributed by atoms with Crippen LogP contribution in [0.4, 0.5) is 16.0 Å². The topological polar surface area (TPSA) is 196 Å². The number of likely N-dealkylation sites (tertiary alicyclic amines) is 2. The van der Waals surface area contributed by atoms with Gasteiger partial charge in [-0.3, -0.25) is 19.5 Å². The summed E-state index contributed by atoms with van der Waals surface area (Å²) in [6.45, 7) is 4.19. The van der Waals surface area contributed by atoms with Gasteiger partial charge in [-0.25, -0.2) is 9.97 Å². The van der Waals surface area contributed by atoms with Crippen LogP contribution >= 0.6 is 22.7 Å². The molecule has 3 aromatic heterocycles. The number of carbonyl (C=O) groups is 3. The van der Waals surface area contributed by atoms with Gasteiger partial charge >= 0.3 is 0 Å². The van der Waals surface area contributed by atoms with Crippen LogP contribution in [0.1, 0.15) is 24.1 Å². The Bertz CT molecular complexity index is 2190. The van der Waals surface area contributed by atoms with Crippen LogP contribution < -0.4 is 16.0 Å². The van der Waals surface area contributed by atoms with Crippen LogP contribution in [0.2, 0.25) is 0 Å². The lowest BCUT2D eigenvalue weighted by atomic mass is 10.1. The van der Waals surface area contributed by atoms with Gasteiger partial charge in [0.15, 0.2) is 22.6 Å². The molecular weight excluding hydrogens is 675 g/mol. The lowest BCUT2D eigenvalue weighted by Crippen LogP contribution is -2.25. The molecule has 3 aliphatic rings. The highest BCUT2D eigenvalue weighted by Crippen LogP contribution is 2.39. The fourth-order valence-electron chi connectivity index (χ4n) is 6.22. The Morgan fingerprint density at radius 3 is 2.20 bits per heavy atom. The molecule has 2 atom stereocenters. The summed E-state index contributed by atoms with van der Waals surface area (Å²) in [4.78, 5) is 49.9. The molecule has 0 aliphatic carbocycles. The third-order valence-electron chi connectivity index (χ3n) is 8.93. The number of fused-ring (bicyclic) bond motifs is 2. The van der Waals surface area contributed by atoms with Gasteiger partial charge in [0.2, 0.25) is 17.7 Å². The number of para-hydroxylation sites is 1. The maximum absolute atomic E-state index is 12.3. The van der Waals surface area contributed by atoms with Crippen molar-refractivity contribution in [3.8, 4) is 33.3 Å². The summed E-state index contributed by atoms with van der Waals surface area (Å²) in [6, 6.07) is 11.8. The third kappa shape index (κ3) is 6.84. The van der Waals surface area contributed by atoms with Crippen LogP contribution in [-0.4, -0.2) is 73.9 Å². The number of hydrogen-bond acceptors (Lipinski definition) is 12. The predicted octanol–water partition coefficient (Wildman–Crippen LogP) is 4.78. The van der Waals surface area contributed by atoms with E-state index in [2.05, 4.69) is 54.6 Å². The molecule has 252 valence electrons. The lowest BCUT2D eigenvalue weighted by molar-refractivity contribution is -0.120. The maximum atomic E-state index is 12.3. The summed E-state index contributed by atoms with van der Waals surface area (Å²) in [7, 11) is 0. The summed E-state index contributed by atoms with van der Waals surface area (Å²) < 4.78 is 0. The molecule has 5 aromatic rings. The first-order valence-electron chi connectivity index (χ1n) is 16.0. The molecule has 2 saturated heterocycles. The zero-order chi connectivity index (χ0) is 34.8. The minimum atomic E-state index is -0.188. The monoisotopic (exact) mass is 705 g/mol. The van der Waals surface area contributed by atoms with E-state index in [9.17, 15) is 14.4 Å². The molecule has 14 nitrogen and oxygen atoms in total. The van der Waals surface area contributed by atoms with Crippen molar-refractivity contribution in [1.29, 1.82) is 10.5 Å². The Morgan fingerprint density at radius 1 is 0.920 bits per heavy atom. The highest BCUT2D eigenvalue weighted by Gasteiger charge is 2.30. The Kier molecular flexibility index (Phi) is 9.12. The van der Waals surface area contributed by atoms with E-state index in [0.29, 0.717) is 55.7 Å². The number of thiazole rings is 2. The summed E-state index contributed by atoms with van der Waals surface area (Å²) in [5, 5.41) is 35.8. The molecule has 3 amide bonds. The molecule has 16 heteroatoms. The molecule has 2 aromatic carbocycles. The number of H-pyrrole nitrogens is 1. The van der Waals surface area contributed by atoms with Crippen molar-refractivity contribution in [3.63, 3.8) is 0 Å². The van der Waals surface area contributed by atoms with Crippen LogP contribution in [0.15, 0.2) is 48.8 Å². The number of hydrogen-bond donors (Lipinski definition) is 4. The van der Waals surface area contributed by atoms with E-state index in [0.717, 1.165) is 48.7 Å². The van der Waals surface area contributed by atoms with Crippen molar-refractivity contribution >= 4 is 67.2 Å². The molecular formula is C34H31N11O3S2. The van der Waals surface area contributed by atoms with E-state index in [4.69, 9.17) is 10.5 Å². The number of amides is 3. The number of nitrogens with one attached hydrogen (secondary N) is 4. The second-order valence-corrected chi connectivity index (χ2v) is 14.3. The largest absolute Gasteiger partial charge is 0.325 e. The number of anilines is 3. The fraction of sp³-hybridized carbons (Fsp3) is 0.294. The van der Waals surface area contributed by atoms with Gasteiger partial charge < -0.3 is 25.8 Å². The third-order valence-corrected chi connectivity index (χ3v) is 10.8. The first-order chi connectivity index (χ1) is 24.3. The van der Waals surface area contributed by atoms with E-state index < -0.39 is 0 Å². The van der Waals surface area contributed by atoms with E-state index in [-0.39, 0.29) is 29.6 Å². The van der Waals surface area contributed by atoms with Crippen molar-refractivity contribution in [2.75, 3.05) is 42.1 Å². The second kappa shape index (κ2) is 13.9. The fourth-order valence-corrected chi connectivity index (χ4v) is 7.88. The average Bonchev–Trinajstić information content (AvgIpc) is 3.97. The summed E-state index contributed by atoms with van der Waals surface area (Å²) >= 11 is 2.82. The summed E-state index contributed by atoms with van der Waals surface area (Å²) in [5.74, 6) is -0.530. The number of aryl methyl sites for hydroxylation is 1. The SMILES string of the molecule is Cc1[nH]nc2ccc(-c3cnc(NC(=O)[C@H]4CCN(C#N)C4)s3)cc12.N#CN1CC[C@H](C(=O)Nc2ncc(-c3cccc4c3NC(=O)C4)s2)C1.